The number of hydrogen-bond acceptors (Lipinski definition) is 9. The van der Waals surface area contributed by atoms with Gasteiger partial charge >= 0.3 is 0 Å². The van der Waals surface area contributed by atoms with Crippen LogP contribution < -0.4 is 11.1 Å². The van der Waals surface area contributed by atoms with Crippen LogP contribution >= 0.6 is 0 Å². The van der Waals surface area contributed by atoms with Gasteiger partial charge in [-0.05, 0) is 57.0 Å². The molecule has 4 rings (SSSR count). The van der Waals surface area contributed by atoms with Gasteiger partial charge < -0.3 is 36.4 Å². The summed E-state index contributed by atoms with van der Waals surface area (Å²) in [7, 11) is 4.84. The largest absolute Gasteiger partial charge is 0.507 e. The zero-order valence-electron chi connectivity index (χ0n) is 18.9. The van der Waals surface area contributed by atoms with Crippen molar-refractivity contribution in [2.24, 2.45) is 23.5 Å². The van der Waals surface area contributed by atoms with E-state index in [9.17, 15) is 34.8 Å². The molecule has 0 spiro atoms. The van der Waals surface area contributed by atoms with Crippen LogP contribution in [-0.4, -0.2) is 81.7 Å². The van der Waals surface area contributed by atoms with Crippen LogP contribution in [0.2, 0.25) is 0 Å². The Hall–Kier alpha value is -2.95. The first-order valence-electron chi connectivity index (χ1n) is 10.8. The van der Waals surface area contributed by atoms with E-state index in [1.807, 2.05) is 6.92 Å². The third-order valence-electron chi connectivity index (χ3n) is 7.58. The van der Waals surface area contributed by atoms with Crippen molar-refractivity contribution >= 4 is 28.9 Å². The molecule has 6 atom stereocenters. The van der Waals surface area contributed by atoms with Gasteiger partial charge in [0, 0.05) is 24.6 Å². The van der Waals surface area contributed by atoms with Gasteiger partial charge in [-0.3, -0.25) is 14.4 Å². The van der Waals surface area contributed by atoms with Gasteiger partial charge in [0.2, 0.25) is 11.7 Å². The average Bonchev–Trinajstić information content (AvgIpc) is 2.72. The number of nitrogens with zero attached hydrogens (tertiary/aromatic N) is 1. The summed E-state index contributed by atoms with van der Waals surface area (Å²) in [4.78, 5) is 40.5. The molecule has 3 aliphatic carbocycles. The number of nitrogens with one attached hydrogen (secondary N) is 1. The Labute approximate surface area is 190 Å². The molecular formula is C23H29N3O7. The number of primary amides is 1. The highest BCUT2D eigenvalue weighted by molar-refractivity contribution is 6.25. The lowest BCUT2D eigenvalue weighted by atomic mass is 9.54. The van der Waals surface area contributed by atoms with E-state index in [1.54, 1.807) is 32.1 Å². The number of aliphatic hydroxyl groups is 3. The smallest absolute Gasteiger partial charge is 0.230 e. The quantitative estimate of drug-likeness (QED) is 0.257. The number of benzene rings is 1. The lowest BCUT2D eigenvalue weighted by molar-refractivity contribution is -0.184. The van der Waals surface area contributed by atoms with Gasteiger partial charge in [0.15, 0.2) is 11.4 Å². The number of hydrogen-bond donors (Lipinski definition) is 6. The van der Waals surface area contributed by atoms with Crippen LogP contribution in [0.5, 0.6) is 5.75 Å². The van der Waals surface area contributed by atoms with Crippen LogP contribution in [0.15, 0.2) is 11.6 Å². The number of aryl methyl sites for hydroxylation is 1. The summed E-state index contributed by atoms with van der Waals surface area (Å²) < 4.78 is 0. The molecule has 1 amide bonds. The highest BCUT2D eigenvalue weighted by atomic mass is 16.3. The molecule has 7 N–H and O–H groups in total. The highest BCUT2D eigenvalue weighted by Crippen LogP contribution is 2.53. The number of anilines is 1. The number of phenolic OH excluding ortho intramolecular Hbond substituents is 1. The summed E-state index contributed by atoms with van der Waals surface area (Å²) in [5, 5.41) is 47.1. The third-order valence-corrected chi connectivity index (χ3v) is 7.58. The number of phenols is 1. The lowest BCUT2D eigenvalue weighted by Gasteiger charge is -2.53. The minimum absolute atomic E-state index is 0.0832. The maximum absolute atomic E-state index is 13.7. The molecule has 0 aliphatic heterocycles. The van der Waals surface area contributed by atoms with E-state index in [2.05, 4.69) is 5.32 Å². The van der Waals surface area contributed by atoms with E-state index < -0.39 is 58.7 Å². The maximum atomic E-state index is 13.7. The lowest BCUT2D eigenvalue weighted by Crippen LogP contribution is -2.73. The molecule has 0 radical (unpaired) electrons. The second-order valence-electron chi connectivity index (χ2n) is 9.48. The molecule has 2 unspecified atom stereocenters. The summed E-state index contributed by atoms with van der Waals surface area (Å²) in [6.07, 6.45) is -1.10. The number of nitrogens with two attached hydrogens (primary N) is 1. The number of ketones is 2. The summed E-state index contributed by atoms with van der Waals surface area (Å²) in [5.41, 5.74) is 4.46. The first-order valence-corrected chi connectivity index (χ1v) is 10.8. The van der Waals surface area contributed by atoms with Crippen molar-refractivity contribution in [3.8, 4) is 5.75 Å². The Balaban J connectivity index is 1.94. The van der Waals surface area contributed by atoms with Crippen LogP contribution in [0.3, 0.4) is 0 Å². The van der Waals surface area contributed by atoms with Crippen LogP contribution in [0.4, 0.5) is 5.69 Å². The molecule has 0 heterocycles. The monoisotopic (exact) mass is 459 g/mol. The SMILES string of the molecule is CNc1cc(C)c2c(c1O)C(O)=C1C(=O)[C@]3(O)C(=O)C(C(N)=O)C(O)[C@@H](N(C)C)[C@@H]3C[C@@H]1C2. The van der Waals surface area contributed by atoms with Crippen LogP contribution in [0.1, 0.15) is 23.1 Å². The van der Waals surface area contributed by atoms with Crippen LogP contribution in [-0.2, 0) is 20.8 Å². The zero-order chi connectivity index (χ0) is 24.6. The number of carbonyl (C=O) groups excluding carboxylic acids is 3. The molecule has 3 aliphatic rings. The third kappa shape index (κ3) is 2.94. The second-order valence-corrected chi connectivity index (χ2v) is 9.48. The van der Waals surface area contributed by atoms with Crippen molar-refractivity contribution in [3.63, 3.8) is 0 Å². The van der Waals surface area contributed by atoms with E-state index in [4.69, 9.17) is 5.73 Å². The van der Waals surface area contributed by atoms with Gasteiger partial charge in [-0.25, -0.2) is 0 Å². The molecule has 178 valence electrons. The van der Waals surface area contributed by atoms with Crippen molar-refractivity contribution in [2.75, 3.05) is 26.5 Å². The molecule has 1 aromatic carbocycles. The molecule has 0 saturated heterocycles. The van der Waals surface area contributed by atoms with Gasteiger partial charge in [-0.2, -0.15) is 0 Å². The van der Waals surface area contributed by atoms with E-state index in [0.29, 0.717) is 17.7 Å². The molecule has 10 heteroatoms. The van der Waals surface area contributed by atoms with E-state index in [1.165, 1.54) is 0 Å². The number of fused-ring (bicyclic) bond motifs is 3. The number of likely N-dealkylation sites (N-methyl/N-ethyl adjacent to an activating group) is 1. The van der Waals surface area contributed by atoms with E-state index in [0.717, 1.165) is 5.56 Å². The first kappa shape index (κ1) is 23.2. The minimum atomic E-state index is -2.64. The normalized spacial score (nSPS) is 33.5. The highest BCUT2D eigenvalue weighted by Gasteiger charge is 2.67. The fraction of sp³-hybridized carbons (Fsp3) is 0.522. The molecule has 0 aromatic heterocycles. The number of amides is 1. The fourth-order valence-corrected chi connectivity index (χ4v) is 6.05. The standard InChI is InChI=1S/C23H29N3O7/c1-8-5-12(25-2)17(27)14-10(8)6-9-7-11-16(26(3)4)19(29)15(22(24)32)21(31)23(11,33)20(30)13(9)18(14)28/h5,9,11,15-16,19,25,27-29,33H,6-7H2,1-4H3,(H2,24,32)/t9-,11-,15?,16-,19?,23-/m0/s1. The molecule has 0 bridgehead atoms. The average molecular weight is 459 g/mol. The van der Waals surface area contributed by atoms with Crippen molar-refractivity contribution in [1.82, 2.24) is 4.90 Å². The summed E-state index contributed by atoms with van der Waals surface area (Å²) in [6, 6.07) is 0.835. The number of carbonyl (C=O) groups is 3. The van der Waals surface area contributed by atoms with E-state index >= 15 is 0 Å². The summed E-state index contributed by atoms with van der Waals surface area (Å²) in [5.74, 6) is -7.40. The summed E-state index contributed by atoms with van der Waals surface area (Å²) in [6.45, 7) is 1.83. The van der Waals surface area contributed by atoms with E-state index in [-0.39, 0.29) is 23.3 Å². The predicted molar refractivity (Wildman–Crippen MR) is 118 cm³/mol. The molecule has 2 saturated carbocycles. The Morgan fingerprint density at radius 3 is 2.45 bits per heavy atom. The molecule has 1 aromatic rings. The minimum Gasteiger partial charge on any atom is -0.507 e. The topological polar surface area (TPSA) is 173 Å². The fourth-order valence-electron chi connectivity index (χ4n) is 6.05. The second kappa shape index (κ2) is 7.54. The maximum Gasteiger partial charge on any atom is 0.230 e. The Morgan fingerprint density at radius 2 is 1.91 bits per heavy atom. The molecular weight excluding hydrogens is 430 g/mol. The van der Waals surface area contributed by atoms with Gasteiger partial charge in [0.05, 0.1) is 17.4 Å². The number of rotatable bonds is 3. The van der Waals surface area contributed by atoms with Gasteiger partial charge in [0.25, 0.3) is 0 Å². The van der Waals surface area contributed by atoms with Crippen molar-refractivity contribution in [3.05, 3.63) is 28.3 Å². The van der Waals surface area contributed by atoms with Crippen molar-refractivity contribution < 1.29 is 34.8 Å². The number of Topliss-reactive ketones (excluding diaryl/α,β-unsaturated/α-hetero) is 2. The van der Waals surface area contributed by atoms with Gasteiger partial charge in [0.1, 0.15) is 17.4 Å². The van der Waals surface area contributed by atoms with Crippen molar-refractivity contribution in [1.29, 1.82) is 0 Å². The van der Waals surface area contributed by atoms with Gasteiger partial charge in [-0.15, -0.1) is 0 Å². The van der Waals surface area contributed by atoms with Gasteiger partial charge in [-0.1, -0.05) is 0 Å². The van der Waals surface area contributed by atoms with Crippen molar-refractivity contribution in [2.45, 2.75) is 37.5 Å². The Morgan fingerprint density at radius 1 is 1.27 bits per heavy atom. The number of aromatic hydroxyl groups is 1. The molecule has 2 fully saturated rings. The number of aliphatic hydroxyl groups excluding tert-OH is 2. The Bertz CT molecular complexity index is 1110. The van der Waals surface area contributed by atoms with Crippen LogP contribution in [0, 0.1) is 24.7 Å². The molecule has 10 nitrogen and oxygen atoms in total. The Kier molecular flexibility index (Phi) is 5.31. The predicted octanol–water partition coefficient (Wildman–Crippen LogP) is -0.521. The first-order chi connectivity index (χ1) is 15.4. The summed E-state index contributed by atoms with van der Waals surface area (Å²) >= 11 is 0. The zero-order valence-corrected chi connectivity index (χ0v) is 18.9. The van der Waals surface area contributed by atoms with Crippen LogP contribution in [0.25, 0.3) is 5.76 Å². The molecule has 33 heavy (non-hydrogen) atoms.